The van der Waals surface area contributed by atoms with Crippen molar-refractivity contribution in [3.63, 3.8) is 0 Å². The Kier molecular flexibility index (Phi) is 5.88. The molecule has 1 aromatic heterocycles. The molecule has 0 spiro atoms. The summed E-state index contributed by atoms with van der Waals surface area (Å²) < 4.78 is 64.9. The predicted molar refractivity (Wildman–Crippen MR) is 102 cm³/mol. The Labute approximate surface area is 170 Å². The summed E-state index contributed by atoms with van der Waals surface area (Å²) in [7, 11) is -3.95. The average molecular weight is 448 g/mol. The summed E-state index contributed by atoms with van der Waals surface area (Å²) >= 11 is 1.17. The van der Waals surface area contributed by atoms with Gasteiger partial charge in [-0.15, -0.1) is 0 Å². The van der Waals surface area contributed by atoms with E-state index in [9.17, 15) is 26.4 Å². The van der Waals surface area contributed by atoms with E-state index in [1.54, 1.807) is 0 Å². The van der Waals surface area contributed by atoms with Gasteiger partial charge in [0.15, 0.2) is 5.13 Å². The lowest BCUT2D eigenvalue weighted by molar-refractivity contribution is -0.137. The molecule has 0 unspecified atom stereocenters. The van der Waals surface area contributed by atoms with Crippen molar-refractivity contribution in [3.8, 4) is 0 Å². The second-order valence-corrected chi connectivity index (χ2v) is 9.77. The van der Waals surface area contributed by atoms with Crippen molar-refractivity contribution >= 4 is 32.5 Å². The number of aromatic nitrogens is 1. The van der Waals surface area contributed by atoms with E-state index in [1.807, 2.05) is 13.8 Å². The summed E-state index contributed by atoms with van der Waals surface area (Å²) in [6, 6.07) is 2.98. The fourth-order valence-corrected chi connectivity index (χ4v) is 5.30. The highest BCUT2D eigenvalue weighted by molar-refractivity contribution is 7.89. The maximum absolute atomic E-state index is 12.8. The van der Waals surface area contributed by atoms with Gasteiger partial charge in [0.05, 0.1) is 22.7 Å². The number of halogens is 3. The van der Waals surface area contributed by atoms with Gasteiger partial charge in [0.2, 0.25) is 10.0 Å². The van der Waals surface area contributed by atoms with Crippen LogP contribution in [-0.4, -0.2) is 36.3 Å². The number of nitrogens with zero attached hydrogens (tertiary/aromatic N) is 2. The van der Waals surface area contributed by atoms with Crippen molar-refractivity contribution < 1.29 is 26.4 Å². The minimum Gasteiger partial charge on any atom is -0.336 e. The van der Waals surface area contributed by atoms with E-state index in [0.29, 0.717) is 22.1 Å². The Morgan fingerprint density at radius 3 is 2.48 bits per heavy atom. The number of hydrogen-bond acceptors (Lipinski definition) is 5. The van der Waals surface area contributed by atoms with Crippen LogP contribution in [0, 0.1) is 0 Å². The molecule has 7 nitrogen and oxygen atoms in total. The van der Waals surface area contributed by atoms with Crippen LogP contribution in [0.25, 0.3) is 0 Å². The van der Waals surface area contributed by atoms with Crippen LogP contribution >= 0.6 is 11.3 Å². The molecule has 1 aliphatic heterocycles. The minimum atomic E-state index is -4.53. The Balaban J connectivity index is 1.75. The van der Waals surface area contributed by atoms with Gasteiger partial charge >= 0.3 is 12.2 Å². The Bertz CT molecular complexity index is 1000. The van der Waals surface area contributed by atoms with E-state index < -0.39 is 27.8 Å². The summed E-state index contributed by atoms with van der Waals surface area (Å²) in [5.41, 5.74) is -0.205. The highest BCUT2D eigenvalue weighted by Gasteiger charge is 2.33. The van der Waals surface area contributed by atoms with Crippen molar-refractivity contribution in [2.45, 2.75) is 43.9 Å². The molecule has 0 saturated carbocycles. The molecule has 0 saturated heterocycles. The van der Waals surface area contributed by atoms with Crippen molar-refractivity contribution in [1.29, 1.82) is 0 Å². The van der Waals surface area contributed by atoms with E-state index in [-0.39, 0.29) is 24.0 Å². The molecule has 2 N–H and O–H groups in total. The van der Waals surface area contributed by atoms with Crippen LogP contribution < -0.4 is 10.6 Å². The lowest BCUT2D eigenvalue weighted by atomic mass is 10.2. The SMILES string of the molecule is CC(C)NC(=O)Nc1nc2c(s1)CN(S(=O)(=O)c1ccc(C(F)(F)F)cc1)CC2. The fraction of sp³-hybridized carbons (Fsp3) is 0.412. The first kappa shape index (κ1) is 21.5. The third-order valence-electron chi connectivity index (χ3n) is 4.16. The normalized spacial score (nSPS) is 15.2. The first-order chi connectivity index (χ1) is 13.5. The van der Waals surface area contributed by atoms with Crippen molar-refractivity contribution in [2.24, 2.45) is 0 Å². The van der Waals surface area contributed by atoms with Gasteiger partial charge in [-0.2, -0.15) is 17.5 Å². The molecule has 2 heterocycles. The number of fused-ring (bicyclic) bond motifs is 1. The number of benzene rings is 1. The minimum absolute atomic E-state index is 0.0455. The average Bonchev–Trinajstić information content (AvgIpc) is 3.01. The van der Waals surface area contributed by atoms with Crippen LogP contribution in [0.5, 0.6) is 0 Å². The zero-order valence-electron chi connectivity index (χ0n) is 15.6. The van der Waals surface area contributed by atoms with Crippen LogP contribution in [0.1, 0.15) is 30.0 Å². The van der Waals surface area contributed by atoms with Crippen molar-refractivity contribution in [2.75, 3.05) is 11.9 Å². The van der Waals surface area contributed by atoms with Crippen molar-refractivity contribution in [3.05, 3.63) is 40.4 Å². The molecule has 29 heavy (non-hydrogen) atoms. The topological polar surface area (TPSA) is 91.4 Å². The van der Waals surface area contributed by atoms with Crippen molar-refractivity contribution in [1.82, 2.24) is 14.6 Å². The van der Waals surface area contributed by atoms with Crippen LogP contribution in [0.2, 0.25) is 0 Å². The molecule has 2 aromatic rings. The molecule has 0 atom stereocenters. The summed E-state index contributed by atoms with van der Waals surface area (Å²) in [6.07, 6.45) is -4.19. The van der Waals surface area contributed by atoms with Crippen LogP contribution in [0.4, 0.5) is 23.1 Å². The highest BCUT2D eigenvalue weighted by Crippen LogP contribution is 2.33. The highest BCUT2D eigenvalue weighted by atomic mass is 32.2. The molecule has 1 aromatic carbocycles. The zero-order chi connectivity index (χ0) is 21.4. The lowest BCUT2D eigenvalue weighted by Crippen LogP contribution is -2.35. The standard InChI is InChI=1S/C17H19F3N4O3S2/c1-10(2)21-15(25)23-16-22-13-7-8-24(9-14(13)28-16)29(26,27)12-5-3-11(4-6-12)17(18,19)20/h3-6,10H,7-9H2,1-2H3,(H2,21,22,23,25). The van der Waals surface area contributed by atoms with Gasteiger partial charge in [0.25, 0.3) is 0 Å². The van der Waals surface area contributed by atoms with E-state index in [2.05, 4.69) is 15.6 Å². The molecule has 0 aliphatic carbocycles. The van der Waals surface area contributed by atoms with Crippen LogP contribution in [0.3, 0.4) is 0 Å². The number of sulfonamides is 1. The summed E-state index contributed by atoms with van der Waals surface area (Å²) in [5, 5.41) is 5.65. The number of carbonyl (C=O) groups excluding carboxylic acids is 1. The van der Waals surface area contributed by atoms with Gasteiger partial charge in [-0.1, -0.05) is 11.3 Å². The molecule has 0 radical (unpaired) electrons. The number of thiazole rings is 1. The Morgan fingerprint density at radius 1 is 1.24 bits per heavy atom. The first-order valence-corrected chi connectivity index (χ1v) is 11.0. The number of nitrogens with one attached hydrogen (secondary N) is 2. The number of urea groups is 1. The molecule has 1 aliphatic rings. The molecular formula is C17H19F3N4O3S2. The number of alkyl halides is 3. The Hall–Kier alpha value is -2.18. The summed E-state index contributed by atoms with van der Waals surface area (Å²) in [4.78, 5) is 16.6. The third-order valence-corrected chi connectivity index (χ3v) is 7.01. The maximum atomic E-state index is 12.8. The quantitative estimate of drug-likeness (QED) is 0.750. The van der Waals surface area contributed by atoms with Crippen LogP contribution in [-0.2, 0) is 29.2 Å². The van der Waals surface area contributed by atoms with Gasteiger partial charge in [-0.25, -0.2) is 18.2 Å². The number of hydrogen-bond donors (Lipinski definition) is 2. The third kappa shape index (κ3) is 4.87. The van der Waals surface area contributed by atoms with E-state index in [1.165, 1.54) is 15.6 Å². The molecular weight excluding hydrogens is 429 g/mol. The first-order valence-electron chi connectivity index (χ1n) is 8.70. The van der Waals surface area contributed by atoms with E-state index in [0.717, 1.165) is 24.3 Å². The molecule has 158 valence electrons. The fourth-order valence-electron chi connectivity index (χ4n) is 2.79. The molecule has 2 amide bonds. The monoisotopic (exact) mass is 448 g/mol. The predicted octanol–water partition coefficient (Wildman–Crippen LogP) is 3.44. The molecule has 3 rings (SSSR count). The number of anilines is 1. The van der Waals surface area contributed by atoms with E-state index >= 15 is 0 Å². The largest absolute Gasteiger partial charge is 0.416 e. The Morgan fingerprint density at radius 2 is 1.90 bits per heavy atom. The maximum Gasteiger partial charge on any atom is 0.416 e. The summed E-state index contributed by atoms with van der Waals surface area (Å²) in [6.45, 7) is 3.83. The smallest absolute Gasteiger partial charge is 0.336 e. The van der Waals surface area contributed by atoms with Gasteiger partial charge in [0, 0.05) is 23.9 Å². The van der Waals surface area contributed by atoms with E-state index in [4.69, 9.17) is 0 Å². The number of carbonyl (C=O) groups is 1. The van der Waals surface area contributed by atoms with Gasteiger partial charge in [-0.05, 0) is 38.1 Å². The zero-order valence-corrected chi connectivity index (χ0v) is 17.2. The lowest BCUT2D eigenvalue weighted by Gasteiger charge is -2.25. The summed E-state index contributed by atoms with van der Waals surface area (Å²) in [5.74, 6) is 0. The second kappa shape index (κ2) is 7.92. The molecule has 12 heteroatoms. The number of amides is 2. The molecule has 0 fully saturated rings. The van der Waals surface area contributed by atoms with Crippen LogP contribution in [0.15, 0.2) is 29.2 Å². The van der Waals surface area contributed by atoms with Gasteiger partial charge in [0.1, 0.15) is 0 Å². The molecule has 0 bridgehead atoms. The second-order valence-electron chi connectivity index (χ2n) is 6.75. The van der Waals surface area contributed by atoms with Gasteiger partial charge in [-0.3, -0.25) is 5.32 Å². The van der Waals surface area contributed by atoms with Gasteiger partial charge < -0.3 is 5.32 Å². The number of rotatable bonds is 4.